The summed E-state index contributed by atoms with van der Waals surface area (Å²) >= 11 is 0. The highest BCUT2D eigenvalue weighted by atomic mass is 16.4. The number of carbonyl (C=O) groups is 2. The molecule has 0 radical (unpaired) electrons. The van der Waals surface area contributed by atoms with Gasteiger partial charge in [-0.25, -0.2) is 9.59 Å². The number of pyridine rings is 1. The number of nitrogens with zero attached hydrogens (tertiary/aromatic N) is 2. The molecule has 0 saturated heterocycles. The topological polar surface area (TPSA) is 103 Å². The summed E-state index contributed by atoms with van der Waals surface area (Å²) in [6.45, 7) is 3.05. The Balaban J connectivity index is 0.000000511. The van der Waals surface area contributed by atoms with Crippen molar-refractivity contribution in [3.8, 4) is 0 Å². The van der Waals surface area contributed by atoms with Gasteiger partial charge in [-0.15, -0.1) is 0 Å². The zero-order valence-electron chi connectivity index (χ0n) is 11.7. The van der Waals surface area contributed by atoms with Gasteiger partial charge in [0.15, 0.2) is 0 Å². The maximum Gasteiger partial charge on any atom is 0.414 e. The molecule has 1 aromatic heterocycles. The van der Waals surface area contributed by atoms with E-state index in [0.717, 1.165) is 25.3 Å². The molecule has 20 heavy (non-hydrogen) atoms. The summed E-state index contributed by atoms with van der Waals surface area (Å²) in [7, 11) is 4.19. The number of aliphatic carboxylic acids is 2. The van der Waals surface area contributed by atoms with Gasteiger partial charge in [0.1, 0.15) is 0 Å². The third-order valence-electron chi connectivity index (χ3n) is 2.17. The number of hydrogen-bond acceptors (Lipinski definition) is 5. The van der Waals surface area contributed by atoms with Crippen molar-refractivity contribution < 1.29 is 19.8 Å². The predicted octanol–water partition coefficient (Wildman–Crippen LogP) is 0.279. The Morgan fingerprint density at radius 1 is 1.25 bits per heavy atom. The Morgan fingerprint density at radius 2 is 1.90 bits per heavy atom. The van der Waals surface area contributed by atoms with Crippen molar-refractivity contribution in [2.75, 3.05) is 27.2 Å². The summed E-state index contributed by atoms with van der Waals surface area (Å²) in [6, 6.07) is 6.00. The molecule has 0 aliphatic rings. The lowest BCUT2D eigenvalue weighted by Crippen LogP contribution is -2.21. The Bertz CT molecular complexity index is 384. The molecule has 0 fully saturated rings. The van der Waals surface area contributed by atoms with E-state index in [-0.39, 0.29) is 0 Å². The molecule has 7 heteroatoms. The molecule has 0 spiro atoms. The van der Waals surface area contributed by atoms with E-state index >= 15 is 0 Å². The van der Waals surface area contributed by atoms with Gasteiger partial charge in [-0.3, -0.25) is 4.98 Å². The van der Waals surface area contributed by atoms with Crippen LogP contribution in [0.2, 0.25) is 0 Å². The molecule has 0 aliphatic heterocycles. The van der Waals surface area contributed by atoms with Gasteiger partial charge in [0, 0.05) is 12.7 Å². The Kier molecular flexibility index (Phi) is 9.81. The number of nitrogens with one attached hydrogen (secondary N) is 1. The molecule has 0 amide bonds. The monoisotopic (exact) mass is 283 g/mol. The predicted molar refractivity (Wildman–Crippen MR) is 74.4 cm³/mol. The van der Waals surface area contributed by atoms with Crippen molar-refractivity contribution >= 4 is 11.9 Å². The SMILES string of the molecule is CN(C)CCCNCc1ccccn1.O=C(O)C(=O)O. The second kappa shape index (κ2) is 10.9. The quantitative estimate of drug-likeness (QED) is 0.509. The number of aromatic nitrogens is 1. The van der Waals surface area contributed by atoms with E-state index in [1.54, 1.807) is 0 Å². The number of carboxylic acid groups (broad SMARTS) is 2. The van der Waals surface area contributed by atoms with Crippen LogP contribution in [0, 0.1) is 0 Å². The molecule has 0 aromatic carbocycles. The summed E-state index contributed by atoms with van der Waals surface area (Å²) in [5.74, 6) is -3.65. The van der Waals surface area contributed by atoms with Gasteiger partial charge in [0.25, 0.3) is 0 Å². The molecule has 0 bridgehead atoms. The molecule has 0 atom stereocenters. The first-order valence-corrected chi connectivity index (χ1v) is 6.15. The van der Waals surface area contributed by atoms with Gasteiger partial charge in [0.05, 0.1) is 5.69 Å². The van der Waals surface area contributed by atoms with Crippen LogP contribution in [0.4, 0.5) is 0 Å². The molecule has 0 saturated carbocycles. The van der Waals surface area contributed by atoms with Crippen LogP contribution in [0.15, 0.2) is 24.4 Å². The molecular weight excluding hydrogens is 262 g/mol. The van der Waals surface area contributed by atoms with E-state index in [0.29, 0.717) is 0 Å². The molecule has 112 valence electrons. The van der Waals surface area contributed by atoms with Crippen LogP contribution in [0.25, 0.3) is 0 Å². The van der Waals surface area contributed by atoms with Crippen molar-refractivity contribution in [3.63, 3.8) is 0 Å². The average Bonchev–Trinajstić information content (AvgIpc) is 2.40. The summed E-state index contributed by atoms with van der Waals surface area (Å²) in [6.07, 6.45) is 3.01. The van der Waals surface area contributed by atoms with E-state index in [2.05, 4.69) is 29.3 Å². The first-order chi connectivity index (χ1) is 9.43. The van der Waals surface area contributed by atoms with E-state index in [4.69, 9.17) is 19.8 Å². The highest BCUT2D eigenvalue weighted by Gasteiger charge is 2.04. The highest BCUT2D eigenvalue weighted by molar-refractivity contribution is 6.27. The lowest BCUT2D eigenvalue weighted by Gasteiger charge is -2.09. The zero-order valence-corrected chi connectivity index (χ0v) is 11.7. The fourth-order valence-corrected chi connectivity index (χ4v) is 1.24. The third kappa shape index (κ3) is 11.1. The van der Waals surface area contributed by atoms with E-state index in [1.165, 1.54) is 6.42 Å². The second-order valence-corrected chi connectivity index (χ2v) is 4.26. The second-order valence-electron chi connectivity index (χ2n) is 4.26. The summed E-state index contributed by atoms with van der Waals surface area (Å²) in [5, 5.41) is 18.2. The minimum absolute atomic E-state index is 0.869. The van der Waals surface area contributed by atoms with Crippen LogP contribution in [0.5, 0.6) is 0 Å². The molecule has 1 heterocycles. The van der Waals surface area contributed by atoms with Gasteiger partial charge in [-0.05, 0) is 45.7 Å². The van der Waals surface area contributed by atoms with E-state index in [9.17, 15) is 0 Å². The smallest absolute Gasteiger partial charge is 0.414 e. The van der Waals surface area contributed by atoms with E-state index in [1.807, 2.05) is 24.4 Å². The lowest BCUT2D eigenvalue weighted by atomic mass is 10.3. The molecular formula is C13H21N3O4. The van der Waals surface area contributed by atoms with Crippen molar-refractivity contribution in [1.82, 2.24) is 15.2 Å². The fraction of sp³-hybridized carbons (Fsp3) is 0.462. The van der Waals surface area contributed by atoms with Crippen LogP contribution >= 0.6 is 0 Å². The standard InChI is InChI=1S/C11H19N3.C2H2O4/c1-14(2)9-5-7-12-10-11-6-3-4-8-13-11;3-1(4)2(5)6/h3-4,6,8,12H,5,7,9-10H2,1-2H3;(H,3,4)(H,5,6). The molecule has 7 nitrogen and oxygen atoms in total. The van der Waals surface area contributed by atoms with Gasteiger partial charge in [0.2, 0.25) is 0 Å². The van der Waals surface area contributed by atoms with Crippen molar-refractivity contribution in [2.45, 2.75) is 13.0 Å². The fourth-order valence-electron chi connectivity index (χ4n) is 1.24. The molecule has 3 N–H and O–H groups in total. The van der Waals surface area contributed by atoms with Gasteiger partial charge in [-0.2, -0.15) is 0 Å². The maximum atomic E-state index is 9.10. The first-order valence-electron chi connectivity index (χ1n) is 6.15. The van der Waals surface area contributed by atoms with Gasteiger partial charge < -0.3 is 20.4 Å². The van der Waals surface area contributed by atoms with Crippen LogP contribution in [0.1, 0.15) is 12.1 Å². The Hall–Kier alpha value is -1.99. The molecule has 0 unspecified atom stereocenters. The molecule has 1 aromatic rings. The van der Waals surface area contributed by atoms with Crippen molar-refractivity contribution in [3.05, 3.63) is 30.1 Å². The number of carboxylic acids is 2. The lowest BCUT2D eigenvalue weighted by molar-refractivity contribution is -0.159. The minimum Gasteiger partial charge on any atom is -0.473 e. The summed E-state index contributed by atoms with van der Waals surface area (Å²) in [5.41, 5.74) is 1.11. The molecule has 1 rings (SSSR count). The maximum absolute atomic E-state index is 9.10. The Labute approximate surface area is 118 Å². The van der Waals surface area contributed by atoms with Gasteiger partial charge in [-0.1, -0.05) is 6.07 Å². The van der Waals surface area contributed by atoms with Crippen LogP contribution in [0.3, 0.4) is 0 Å². The van der Waals surface area contributed by atoms with Crippen LogP contribution in [-0.4, -0.2) is 59.2 Å². The van der Waals surface area contributed by atoms with Crippen molar-refractivity contribution in [2.24, 2.45) is 0 Å². The third-order valence-corrected chi connectivity index (χ3v) is 2.17. The average molecular weight is 283 g/mol. The van der Waals surface area contributed by atoms with Crippen LogP contribution in [-0.2, 0) is 16.1 Å². The first kappa shape index (κ1) is 18.0. The zero-order chi connectivity index (χ0) is 15.4. The number of hydrogen-bond donors (Lipinski definition) is 3. The van der Waals surface area contributed by atoms with Crippen molar-refractivity contribution in [1.29, 1.82) is 0 Å². The normalized spacial score (nSPS) is 9.75. The summed E-state index contributed by atoms with van der Waals surface area (Å²) < 4.78 is 0. The van der Waals surface area contributed by atoms with E-state index < -0.39 is 11.9 Å². The highest BCUT2D eigenvalue weighted by Crippen LogP contribution is 1.91. The summed E-state index contributed by atoms with van der Waals surface area (Å²) in [4.78, 5) is 24.6. The largest absolute Gasteiger partial charge is 0.473 e. The Morgan fingerprint density at radius 3 is 2.35 bits per heavy atom. The molecule has 0 aliphatic carbocycles. The van der Waals surface area contributed by atoms with Crippen LogP contribution < -0.4 is 5.32 Å². The minimum atomic E-state index is -1.82. The number of rotatable bonds is 6. The van der Waals surface area contributed by atoms with Gasteiger partial charge >= 0.3 is 11.9 Å².